The number of rotatable bonds is 14. The van der Waals surface area contributed by atoms with E-state index in [9.17, 15) is 14.4 Å². The summed E-state index contributed by atoms with van der Waals surface area (Å²) in [5.41, 5.74) is 0.265. The normalized spacial score (nSPS) is 11.7. The van der Waals surface area contributed by atoms with Crippen LogP contribution in [0.25, 0.3) is 0 Å². The first kappa shape index (κ1) is 26.2. The molecular formula is C22H32Cl2N2O4. The molecule has 0 aliphatic heterocycles. The van der Waals surface area contributed by atoms with Crippen LogP contribution in [0.4, 0.5) is 0 Å². The van der Waals surface area contributed by atoms with Gasteiger partial charge in [-0.15, -0.1) is 0 Å². The van der Waals surface area contributed by atoms with E-state index in [0.29, 0.717) is 18.1 Å². The molecule has 1 atom stereocenters. The molecule has 0 unspecified atom stereocenters. The van der Waals surface area contributed by atoms with E-state index in [1.807, 2.05) is 0 Å². The molecule has 1 aromatic rings. The molecule has 0 aromatic heterocycles. The minimum atomic E-state index is -1.01. The molecule has 1 rings (SSSR count). The average Bonchev–Trinajstić information content (AvgIpc) is 2.71. The van der Waals surface area contributed by atoms with Crippen molar-refractivity contribution in [3.63, 3.8) is 0 Å². The molecular weight excluding hydrogens is 427 g/mol. The van der Waals surface area contributed by atoms with Gasteiger partial charge >= 0.3 is 5.97 Å². The van der Waals surface area contributed by atoms with Gasteiger partial charge in [-0.05, 0) is 37.5 Å². The SMILES string of the molecule is CCCCCN(CCCCC)C(=O)[C@H](CCC(=O)O)NC(=O)c1ccc(Cl)c(Cl)c1. The Labute approximate surface area is 188 Å². The molecule has 2 N–H and O–H groups in total. The number of carboxylic acids is 1. The molecule has 1 aromatic carbocycles. The Bertz CT molecular complexity index is 702. The number of hydrogen-bond donors (Lipinski definition) is 2. The summed E-state index contributed by atoms with van der Waals surface area (Å²) in [5.74, 6) is -1.74. The van der Waals surface area contributed by atoms with Gasteiger partial charge in [0.15, 0.2) is 0 Å². The summed E-state index contributed by atoms with van der Waals surface area (Å²) < 4.78 is 0. The van der Waals surface area contributed by atoms with Crippen LogP contribution >= 0.6 is 23.2 Å². The average molecular weight is 459 g/mol. The molecule has 6 nitrogen and oxygen atoms in total. The zero-order valence-corrected chi connectivity index (χ0v) is 19.3. The van der Waals surface area contributed by atoms with Gasteiger partial charge in [-0.2, -0.15) is 0 Å². The van der Waals surface area contributed by atoms with E-state index < -0.39 is 17.9 Å². The van der Waals surface area contributed by atoms with Crippen LogP contribution in [0.3, 0.4) is 0 Å². The maximum atomic E-state index is 13.2. The van der Waals surface area contributed by atoms with Crippen LogP contribution in [-0.4, -0.2) is 46.9 Å². The number of nitrogens with zero attached hydrogens (tertiary/aromatic N) is 1. The summed E-state index contributed by atoms with van der Waals surface area (Å²) in [4.78, 5) is 38.7. The number of nitrogens with one attached hydrogen (secondary N) is 1. The number of carboxylic acid groups (broad SMARTS) is 1. The van der Waals surface area contributed by atoms with Crippen LogP contribution in [0.5, 0.6) is 0 Å². The Hall–Kier alpha value is -1.79. The highest BCUT2D eigenvalue weighted by molar-refractivity contribution is 6.42. The van der Waals surface area contributed by atoms with E-state index in [2.05, 4.69) is 19.2 Å². The van der Waals surface area contributed by atoms with Gasteiger partial charge in [0.25, 0.3) is 5.91 Å². The largest absolute Gasteiger partial charge is 0.481 e. The highest BCUT2D eigenvalue weighted by atomic mass is 35.5. The Morgan fingerprint density at radius 3 is 2.10 bits per heavy atom. The third kappa shape index (κ3) is 9.35. The van der Waals surface area contributed by atoms with Crippen molar-refractivity contribution in [3.05, 3.63) is 33.8 Å². The highest BCUT2D eigenvalue weighted by Crippen LogP contribution is 2.22. The first-order valence-corrected chi connectivity index (χ1v) is 11.3. The van der Waals surface area contributed by atoms with E-state index in [0.717, 1.165) is 38.5 Å². The van der Waals surface area contributed by atoms with Crippen molar-refractivity contribution >= 4 is 41.0 Å². The molecule has 30 heavy (non-hydrogen) atoms. The molecule has 0 spiro atoms. The zero-order valence-electron chi connectivity index (χ0n) is 17.8. The van der Waals surface area contributed by atoms with Gasteiger partial charge in [0.05, 0.1) is 10.0 Å². The van der Waals surface area contributed by atoms with Crippen molar-refractivity contribution in [1.82, 2.24) is 10.2 Å². The molecule has 0 aliphatic rings. The number of amides is 2. The number of unbranched alkanes of at least 4 members (excludes halogenated alkanes) is 4. The molecule has 168 valence electrons. The fraction of sp³-hybridized carbons (Fsp3) is 0.591. The lowest BCUT2D eigenvalue weighted by molar-refractivity contribution is -0.138. The Morgan fingerprint density at radius 2 is 1.60 bits per heavy atom. The van der Waals surface area contributed by atoms with Gasteiger partial charge in [-0.1, -0.05) is 62.7 Å². The number of carbonyl (C=O) groups is 3. The van der Waals surface area contributed by atoms with Gasteiger partial charge in [0.2, 0.25) is 5.91 Å². The molecule has 0 bridgehead atoms. The smallest absolute Gasteiger partial charge is 0.303 e. The standard InChI is InChI=1S/C22H32Cl2N2O4/c1-3-5-7-13-26(14-8-6-4-2)22(30)19(11-12-20(27)28)25-21(29)16-9-10-17(23)18(24)15-16/h9-10,15,19H,3-8,11-14H2,1-2H3,(H,25,29)(H,27,28)/t19-/m0/s1. The second kappa shape index (κ2) is 14.3. The predicted molar refractivity (Wildman–Crippen MR) is 120 cm³/mol. The Morgan fingerprint density at radius 1 is 1.00 bits per heavy atom. The van der Waals surface area contributed by atoms with Gasteiger partial charge in [-0.25, -0.2) is 0 Å². The van der Waals surface area contributed by atoms with Gasteiger partial charge in [0, 0.05) is 25.1 Å². The zero-order chi connectivity index (χ0) is 22.5. The lowest BCUT2D eigenvalue weighted by Gasteiger charge is -2.28. The van der Waals surface area contributed by atoms with Crippen molar-refractivity contribution in [3.8, 4) is 0 Å². The monoisotopic (exact) mass is 458 g/mol. The van der Waals surface area contributed by atoms with Crippen LogP contribution in [-0.2, 0) is 9.59 Å². The second-order valence-electron chi connectivity index (χ2n) is 7.33. The van der Waals surface area contributed by atoms with Crippen LogP contribution in [0.15, 0.2) is 18.2 Å². The van der Waals surface area contributed by atoms with E-state index >= 15 is 0 Å². The number of aliphatic carboxylic acids is 1. The van der Waals surface area contributed by atoms with E-state index in [1.165, 1.54) is 18.2 Å². The van der Waals surface area contributed by atoms with E-state index in [-0.39, 0.29) is 29.3 Å². The highest BCUT2D eigenvalue weighted by Gasteiger charge is 2.27. The van der Waals surface area contributed by atoms with Crippen molar-refractivity contribution in [2.24, 2.45) is 0 Å². The predicted octanol–water partition coefficient (Wildman–Crippen LogP) is 5.17. The maximum absolute atomic E-state index is 13.2. The summed E-state index contributed by atoms with van der Waals surface area (Å²) in [6, 6.07) is 3.54. The van der Waals surface area contributed by atoms with Crippen LogP contribution in [0.2, 0.25) is 10.0 Å². The molecule has 0 heterocycles. The molecule has 0 radical (unpaired) electrons. The fourth-order valence-electron chi connectivity index (χ4n) is 3.06. The lowest BCUT2D eigenvalue weighted by Crippen LogP contribution is -2.49. The Kier molecular flexibility index (Phi) is 12.5. The van der Waals surface area contributed by atoms with Gasteiger partial charge in [0.1, 0.15) is 6.04 Å². The molecule has 0 aliphatic carbocycles. The second-order valence-corrected chi connectivity index (χ2v) is 8.14. The first-order valence-electron chi connectivity index (χ1n) is 10.6. The fourth-order valence-corrected chi connectivity index (χ4v) is 3.36. The lowest BCUT2D eigenvalue weighted by atomic mass is 10.1. The van der Waals surface area contributed by atoms with Crippen molar-refractivity contribution < 1.29 is 19.5 Å². The summed E-state index contributed by atoms with van der Waals surface area (Å²) in [7, 11) is 0. The third-order valence-electron chi connectivity index (χ3n) is 4.81. The first-order chi connectivity index (χ1) is 14.3. The van der Waals surface area contributed by atoms with Gasteiger partial charge in [-0.3, -0.25) is 14.4 Å². The molecule has 8 heteroatoms. The third-order valence-corrected chi connectivity index (χ3v) is 5.55. The van der Waals surface area contributed by atoms with E-state index in [1.54, 1.807) is 4.90 Å². The number of benzene rings is 1. The quantitative estimate of drug-likeness (QED) is 0.376. The summed E-state index contributed by atoms with van der Waals surface area (Å²) in [6.07, 6.45) is 5.65. The maximum Gasteiger partial charge on any atom is 0.303 e. The molecule has 0 saturated heterocycles. The van der Waals surface area contributed by atoms with Gasteiger partial charge < -0.3 is 15.3 Å². The van der Waals surface area contributed by atoms with Crippen LogP contribution in [0, 0.1) is 0 Å². The minimum Gasteiger partial charge on any atom is -0.481 e. The summed E-state index contributed by atoms with van der Waals surface area (Å²) in [6.45, 7) is 5.39. The van der Waals surface area contributed by atoms with E-state index in [4.69, 9.17) is 28.3 Å². The number of hydrogen-bond acceptors (Lipinski definition) is 3. The van der Waals surface area contributed by atoms with Crippen LogP contribution in [0.1, 0.15) is 75.6 Å². The Balaban J connectivity index is 2.96. The molecule has 0 fully saturated rings. The molecule has 2 amide bonds. The van der Waals surface area contributed by atoms with Crippen molar-refractivity contribution in [2.45, 2.75) is 71.3 Å². The summed E-state index contributed by atoms with van der Waals surface area (Å²) >= 11 is 11.9. The summed E-state index contributed by atoms with van der Waals surface area (Å²) in [5, 5.41) is 12.3. The number of carbonyl (C=O) groups excluding carboxylic acids is 2. The molecule has 0 saturated carbocycles. The topological polar surface area (TPSA) is 86.7 Å². The van der Waals surface area contributed by atoms with Crippen molar-refractivity contribution in [1.29, 1.82) is 0 Å². The van der Waals surface area contributed by atoms with Crippen LogP contribution < -0.4 is 5.32 Å². The minimum absolute atomic E-state index is 0.0271. The number of halogens is 2. The van der Waals surface area contributed by atoms with Crippen molar-refractivity contribution in [2.75, 3.05) is 13.1 Å².